The summed E-state index contributed by atoms with van der Waals surface area (Å²) in [5, 5.41) is 0. The molecule has 24 heavy (non-hydrogen) atoms. The van der Waals surface area contributed by atoms with E-state index in [1.165, 1.54) is 11.1 Å². The highest BCUT2D eigenvalue weighted by Gasteiger charge is 2.75. The van der Waals surface area contributed by atoms with Crippen molar-refractivity contribution in [3.05, 3.63) is 23.3 Å². The monoisotopic (exact) mass is 329 g/mol. The Morgan fingerprint density at radius 3 is 2.71 bits per heavy atom. The summed E-state index contributed by atoms with van der Waals surface area (Å²) in [4.78, 5) is 15.1. The molecule has 0 bridgehead atoms. The van der Waals surface area contributed by atoms with Crippen molar-refractivity contribution in [2.75, 3.05) is 27.8 Å². The fraction of sp³-hybridized carbons (Fsp3) is 0.632. The number of rotatable bonds is 2. The molecule has 0 unspecified atom stereocenters. The van der Waals surface area contributed by atoms with Crippen LogP contribution in [0.4, 0.5) is 0 Å². The molecule has 2 aliphatic carbocycles. The summed E-state index contributed by atoms with van der Waals surface area (Å²) in [5.74, 6) is 1.80. The molecule has 2 saturated heterocycles. The topological polar surface area (TPSA) is 51.3 Å². The summed E-state index contributed by atoms with van der Waals surface area (Å²) in [7, 11) is 5.54. The Morgan fingerprint density at radius 1 is 1.21 bits per heavy atom. The van der Waals surface area contributed by atoms with E-state index in [9.17, 15) is 4.79 Å². The van der Waals surface area contributed by atoms with E-state index in [2.05, 4.69) is 24.1 Å². The van der Waals surface area contributed by atoms with Crippen LogP contribution in [0, 0.1) is 0 Å². The molecule has 0 radical (unpaired) electrons. The van der Waals surface area contributed by atoms with E-state index in [1.807, 2.05) is 0 Å². The van der Waals surface area contributed by atoms with Gasteiger partial charge in [-0.15, -0.1) is 0 Å². The second-order valence-corrected chi connectivity index (χ2v) is 7.66. The predicted octanol–water partition coefficient (Wildman–Crippen LogP) is 1.70. The summed E-state index contributed by atoms with van der Waals surface area (Å²) < 4.78 is 17.0. The number of hydrogen-bond donors (Lipinski definition) is 0. The van der Waals surface area contributed by atoms with Crippen LogP contribution in [0.15, 0.2) is 12.1 Å². The first kappa shape index (κ1) is 14.7. The number of epoxide rings is 1. The normalized spacial score (nSPS) is 39.5. The third-order valence-corrected chi connectivity index (χ3v) is 7.04. The van der Waals surface area contributed by atoms with Crippen molar-refractivity contribution in [1.29, 1.82) is 0 Å². The minimum absolute atomic E-state index is 0.0435. The van der Waals surface area contributed by atoms with Crippen LogP contribution >= 0.6 is 0 Å². The molecule has 0 spiro atoms. The number of likely N-dealkylation sites (N-methyl/N-ethyl adjacent to an activating group) is 1. The molecule has 2 heterocycles. The maximum absolute atomic E-state index is 12.6. The number of methoxy groups -OCH3 is 2. The van der Waals surface area contributed by atoms with Crippen molar-refractivity contribution >= 4 is 5.78 Å². The lowest BCUT2D eigenvalue weighted by molar-refractivity contribution is -0.124. The van der Waals surface area contributed by atoms with Crippen LogP contribution < -0.4 is 9.47 Å². The Bertz CT molecular complexity index is 747. The SMILES string of the molecule is COc1cc2c(cc1OC)[C@@]13CCN(C)[C@]1(CC2)[C@H]1O[C@H]1C(=O)C3. The van der Waals surface area contributed by atoms with Gasteiger partial charge in [0, 0.05) is 11.8 Å². The molecule has 5 nitrogen and oxygen atoms in total. The van der Waals surface area contributed by atoms with Gasteiger partial charge in [-0.05, 0) is 56.1 Å². The van der Waals surface area contributed by atoms with E-state index in [0.29, 0.717) is 6.42 Å². The van der Waals surface area contributed by atoms with Crippen LogP contribution in [-0.4, -0.2) is 56.2 Å². The number of hydrogen-bond acceptors (Lipinski definition) is 5. The molecule has 5 rings (SSSR count). The Balaban J connectivity index is 1.75. The molecule has 4 aliphatic rings. The van der Waals surface area contributed by atoms with E-state index in [1.54, 1.807) is 14.2 Å². The molecule has 0 N–H and O–H groups in total. The second-order valence-electron chi connectivity index (χ2n) is 7.66. The van der Waals surface area contributed by atoms with Gasteiger partial charge >= 0.3 is 0 Å². The summed E-state index contributed by atoms with van der Waals surface area (Å²) in [5.41, 5.74) is 2.38. The number of aryl methyl sites for hydroxylation is 1. The van der Waals surface area contributed by atoms with Crippen LogP contribution in [0.25, 0.3) is 0 Å². The first-order valence-electron chi connectivity index (χ1n) is 8.72. The fourth-order valence-electron chi connectivity index (χ4n) is 5.92. The minimum atomic E-state index is -0.166. The van der Waals surface area contributed by atoms with E-state index in [-0.39, 0.29) is 28.9 Å². The van der Waals surface area contributed by atoms with Crippen LogP contribution in [0.2, 0.25) is 0 Å². The van der Waals surface area contributed by atoms with Crippen molar-refractivity contribution in [2.45, 2.75) is 48.8 Å². The van der Waals surface area contributed by atoms with Gasteiger partial charge in [-0.1, -0.05) is 0 Å². The van der Waals surface area contributed by atoms with Crippen LogP contribution in [0.1, 0.15) is 30.4 Å². The lowest BCUT2D eigenvalue weighted by Crippen LogP contribution is -2.65. The number of nitrogens with zero attached hydrogens (tertiary/aromatic N) is 1. The molecule has 2 aliphatic heterocycles. The van der Waals surface area contributed by atoms with Crippen molar-refractivity contribution in [3.8, 4) is 11.5 Å². The molecule has 128 valence electrons. The summed E-state index contributed by atoms with van der Waals surface area (Å²) in [6.07, 6.45) is 3.52. The van der Waals surface area contributed by atoms with Crippen LogP contribution in [-0.2, 0) is 21.4 Å². The number of fused-ring (bicyclic) bond motifs is 2. The fourth-order valence-corrected chi connectivity index (χ4v) is 5.92. The highest BCUT2D eigenvalue weighted by molar-refractivity contribution is 5.90. The zero-order valence-electron chi connectivity index (χ0n) is 14.4. The number of benzene rings is 1. The van der Waals surface area contributed by atoms with Crippen LogP contribution in [0.3, 0.4) is 0 Å². The molecule has 0 aromatic heterocycles. The van der Waals surface area contributed by atoms with Gasteiger partial charge in [0.2, 0.25) is 0 Å². The molecule has 1 saturated carbocycles. The predicted molar refractivity (Wildman–Crippen MR) is 87.8 cm³/mol. The van der Waals surface area contributed by atoms with E-state index >= 15 is 0 Å². The van der Waals surface area contributed by atoms with Crippen molar-refractivity contribution < 1.29 is 19.0 Å². The lowest BCUT2D eigenvalue weighted by atomic mass is 9.53. The summed E-state index contributed by atoms with van der Waals surface area (Å²) >= 11 is 0. The lowest BCUT2D eigenvalue weighted by Gasteiger charge is -2.54. The van der Waals surface area contributed by atoms with Crippen molar-refractivity contribution in [2.24, 2.45) is 0 Å². The first-order chi connectivity index (χ1) is 11.6. The molecule has 1 aromatic carbocycles. The maximum atomic E-state index is 12.6. The van der Waals surface area contributed by atoms with Gasteiger partial charge < -0.3 is 14.2 Å². The number of carbonyl (C=O) groups is 1. The average molecular weight is 329 g/mol. The van der Waals surface area contributed by atoms with Crippen molar-refractivity contribution in [3.63, 3.8) is 0 Å². The van der Waals surface area contributed by atoms with Gasteiger partial charge in [-0.2, -0.15) is 0 Å². The molecular formula is C19H23NO4. The van der Waals surface area contributed by atoms with E-state index in [4.69, 9.17) is 14.2 Å². The van der Waals surface area contributed by atoms with Crippen molar-refractivity contribution in [1.82, 2.24) is 4.90 Å². The summed E-state index contributed by atoms with van der Waals surface area (Å²) in [6, 6.07) is 4.23. The summed E-state index contributed by atoms with van der Waals surface area (Å²) in [6.45, 7) is 1.01. The average Bonchev–Trinajstić information content (AvgIpc) is 3.35. The Kier molecular flexibility index (Phi) is 2.78. The Morgan fingerprint density at radius 2 is 1.96 bits per heavy atom. The van der Waals surface area contributed by atoms with Gasteiger partial charge in [-0.3, -0.25) is 9.69 Å². The molecule has 0 amide bonds. The van der Waals surface area contributed by atoms with E-state index in [0.717, 1.165) is 37.3 Å². The molecule has 4 atom stereocenters. The van der Waals surface area contributed by atoms with Gasteiger partial charge in [0.05, 0.1) is 19.8 Å². The Hall–Kier alpha value is -1.59. The molecular weight excluding hydrogens is 306 g/mol. The Labute approximate surface area is 141 Å². The number of Topliss-reactive ketones (excluding diaryl/α,β-unsaturated/α-hetero) is 1. The standard InChI is InChI=1S/C19H23NO4/c1-20-7-6-18-10-13(21)16-17(24-16)19(18,20)5-4-11-8-14(22-2)15(23-3)9-12(11)18/h8-9,16-17H,4-7,10H2,1-3H3/t16-,17-,18-,19+/m0/s1. The highest BCUT2D eigenvalue weighted by atomic mass is 16.6. The second kappa shape index (κ2) is 4.52. The maximum Gasteiger partial charge on any atom is 0.165 e. The molecule has 3 fully saturated rings. The van der Waals surface area contributed by atoms with Gasteiger partial charge in [0.1, 0.15) is 12.2 Å². The quantitative estimate of drug-likeness (QED) is 0.773. The zero-order valence-corrected chi connectivity index (χ0v) is 14.4. The van der Waals surface area contributed by atoms with Gasteiger partial charge in [-0.25, -0.2) is 0 Å². The largest absolute Gasteiger partial charge is 0.493 e. The third kappa shape index (κ3) is 1.47. The number of likely N-dealkylation sites (tertiary alicyclic amines) is 1. The number of carbonyl (C=O) groups excluding carboxylic acids is 1. The zero-order chi connectivity index (χ0) is 16.7. The minimum Gasteiger partial charge on any atom is -0.493 e. The molecule has 1 aromatic rings. The highest BCUT2D eigenvalue weighted by Crippen LogP contribution is 2.64. The first-order valence-corrected chi connectivity index (χ1v) is 8.72. The third-order valence-electron chi connectivity index (χ3n) is 7.04. The number of ether oxygens (including phenoxy) is 3. The molecule has 5 heteroatoms. The number of ketones is 1. The van der Waals surface area contributed by atoms with Gasteiger partial charge in [0.25, 0.3) is 0 Å². The van der Waals surface area contributed by atoms with Gasteiger partial charge in [0.15, 0.2) is 17.3 Å². The van der Waals surface area contributed by atoms with E-state index < -0.39 is 0 Å². The smallest absolute Gasteiger partial charge is 0.165 e. The van der Waals surface area contributed by atoms with Crippen LogP contribution in [0.5, 0.6) is 11.5 Å².